The Morgan fingerprint density at radius 3 is 2.12 bits per heavy atom. The fourth-order valence-electron chi connectivity index (χ4n) is 3.33. The molecule has 0 spiro atoms. The molecule has 166 valence electrons. The van der Waals surface area contributed by atoms with Gasteiger partial charge in [-0.05, 0) is 78.1 Å². The van der Waals surface area contributed by atoms with Gasteiger partial charge in [0.1, 0.15) is 0 Å². The number of esters is 1. The highest BCUT2D eigenvalue weighted by Gasteiger charge is 2.12. The molecule has 0 heterocycles. The van der Waals surface area contributed by atoms with E-state index in [2.05, 4.69) is 54.8 Å². The van der Waals surface area contributed by atoms with E-state index in [1.807, 2.05) is 66.7 Å². The Hall–Kier alpha value is -4.11. The molecule has 0 bridgehead atoms. The molecule has 3 aromatic carbocycles. The average molecular weight is 436 g/mol. The van der Waals surface area contributed by atoms with Gasteiger partial charge in [0.05, 0.1) is 7.11 Å². The van der Waals surface area contributed by atoms with Gasteiger partial charge in [0.25, 0.3) is 0 Å². The van der Waals surface area contributed by atoms with Gasteiger partial charge in [-0.15, -0.1) is 0 Å². The van der Waals surface area contributed by atoms with Crippen molar-refractivity contribution >= 4 is 29.0 Å². The highest BCUT2D eigenvalue weighted by molar-refractivity contribution is 5.87. The number of rotatable bonds is 8. The van der Waals surface area contributed by atoms with Crippen molar-refractivity contribution in [2.45, 2.75) is 13.8 Å². The van der Waals surface area contributed by atoms with E-state index in [9.17, 15) is 4.79 Å². The molecule has 0 aliphatic rings. The fraction of sp³-hybridized carbons (Fsp3) is 0.100. The third kappa shape index (κ3) is 6.20. The van der Waals surface area contributed by atoms with E-state index in [-0.39, 0.29) is 5.97 Å². The maximum atomic E-state index is 11.4. The second kappa shape index (κ2) is 11.0. The summed E-state index contributed by atoms with van der Waals surface area (Å²) in [6, 6.07) is 24.4. The van der Waals surface area contributed by atoms with E-state index in [0.29, 0.717) is 0 Å². The molecule has 3 aromatic rings. The number of nitrogens with zero attached hydrogens (tertiary/aromatic N) is 1. The molecule has 0 saturated carbocycles. The number of benzene rings is 3. The van der Waals surface area contributed by atoms with Gasteiger partial charge in [-0.2, -0.15) is 0 Å². The van der Waals surface area contributed by atoms with Gasteiger partial charge in [0, 0.05) is 23.1 Å². The lowest BCUT2D eigenvalue weighted by Crippen LogP contribution is -2.14. The molecule has 0 atom stereocenters. The highest BCUT2D eigenvalue weighted by Crippen LogP contribution is 2.32. The lowest BCUT2D eigenvalue weighted by atomic mass is 10.1. The normalized spacial score (nSPS) is 11.0. The maximum Gasteiger partial charge on any atom is 0.330 e. The van der Waals surface area contributed by atoms with Crippen LogP contribution in [0.3, 0.4) is 0 Å². The van der Waals surface area contributed by atoms with E-state index >= 15 is 0 Å². The molecular weight excluding hydrogens is 406 g/mol. The van der Waals surface area contributed by atoms with Crippen molar-refractivity contribution in [3.63, 3.8) is 0 Å². The number of ether oxygens (including phenoxy) is 1. The number of aryl methyl sites for hydroxylation is 2. The Labute approximate surface area is 196 Å². The van der Waals surface area contributed by atoms with E-state index < -0.39 is 0 Å². The van der Waals surface area contributed by atoms with Crippen LogP contribution in [0.1, 0.15) is 22.3 Å². The first-order valence-corrected chi connectivity index (χ1v) is 10.7. The van der Waals surface area contributed by atoms with Gasteiger partial charge in [-0.1, -0.05) is 67.8 Å². The Bertz CT molecular complexity index is 1200. The quantitative estimate of drug-likeness (QED) is 0.210. The third-order valence-corrected chi connectivity index (χ3v) is 5.42. The van der Waals surface area contributed by atoms with Gasteiger partial charge >= 0.3 is 5.97 Å². The van der Waals surface area contributed by atoms with Crippen molar-refractivity contribution < 1.29 is 9.53 Å². The van der Waals surface area contributed by atoms with Crippen LogP contribution >= 0.6 is 0 Å². The minimum Gasteiger partial charge on any atom is -0.466 e. The zero-order chi connectivity index (χ0) is 23.8. The standard InChI is InChI=1S/C30H29NO2/c1-22-12-17-29(21-24(22)3)31(25(4)13-11-23(2)27-9-7-6-8-10-27)28-18-14-26(15-19-28)16-20-30(32)33-5/h6-21H,2,4H2,1,3,5H3. The molecule has 3 rings (SSSR count). The topological polar surface area (TPSA) is 29.5 Å². The van der Waals surface area contributed by atoms with Crippen LogP contribution in [0.2, 0.25) is 0 Å². The fourth-order valence-corrected chi connectivity index (χ4v) is 3.33. The monoisotopic (exact) mass is 435 g/mol. The summed E-state index contributed by atoms with van der Waals surface area (Å²) in [6.45, 7) is 12.7. The highest BCUT2D eigenvalue weighted by atomic mass is 16.5. The van der Waals surface area contributed by atoms with Gasteiger partial charge in [0.2, 0.25) is 0 Å². The molecule has 0 aromatic heterocycles. The van der Waals surface area contributed by atoms with E-state index in [0.717, 1.165) is 33.8 Å². The number of allylic oxidation sites excluding steroid dienone is 3. The second-order valence-corrected chi connectivity index (χ2v) is 7.77. The average Bonchev–Trinajstić information content (AvgIpc) is 2.84. The van der Waals surface area contributed by atoms with Crippen LogP contribution in [-0.2, 0) is 9.53 Å². The largest absolute Gasteiger partial charge is 0.466 e. The Balaban J connectivity index is 1.92. The van der Waals surface area contributed by atoms with Crippen LogP contribution < -0.4 is 4.90 Å². The van der Waals surface area contributed by atoms with E-state index in [1.165, 1.54) is 24.3 Å². The Morgan fingerprint density at radius 1 is 0.818 bits per heavy atom. The number of carbonyl (C=O) groups is 1. The summed E-state index contributed by atoms with van der Waals surface area (Å²) in [6.07, 6.45) is 7.11. The minimum atomic E-state index is -0.381. The molecule has 0 aliphatic carbocycles. The molecule has 0 aliphatic heterocycles. The third-order valence-electron chi connectivity index (χ3n) is 5.42. The molecule has 0 amide bonds. The smallest absolute Gasteiger partial charge is 0.330 e. The van der Waals surface area contributed by atoms with Crippen molar-refractivity contribution in [2.75, 3.05) is 12.0 Å². The number of methoxy groups -OCH3 is 1. The van der Waals surface area contributed by atoms with Crippen molar-refractivity contribution in [3.8, 4) is 0 Å². The first-order chi connectivity index (χ1) is 15.9. The first kappa shape index (κ1) is 23.6. The van der Waals surface area contributed by atoms with Gasteiger partial charge in [-0.3, -0.25) is 0 Å². The van der Waals surface area contributed by atoms with E-state index in [4.69, 9.17) is 0 Å². The maximum absolute atomic E-state index is 11.4. The lowest BCUT2D eigenvalue weighted by Gasteiger charge is -2.26. The zero-order valence-corrected chi connectivity index (χ0v) is 19.4. The first-order valence-electron chi connectivity index (χ1n) is 10.7. The molecule has 3 nitrogen and oxygen atoms in total. The summed E-state index contributed by atoms with van der Waals surface area (Å²) in [7, 11) is 1.36. The SMILES string of the molecule is C=C(C=CC(=C)N(c1ccc(C=CC(=O)OC)cc1)c1ccc(C)c(C)c1)c1ccccc1. The zero-order valence-electron chi connectivity index (χ0n) is 19.4. The van der Waals surface area contributed by atoms with Gasteiger partial charge in [-0.25, -0.2) is 4.79 Å². The summed E-state index contributed by atoms with van der Waals surface area (Å²) in [5, 5.41) is 0. The predicted molar refractivity (Wildman–Crippen MR) is 139 cm³/mol. The molecule has 0 N–H and O–H groups in total. The van der Waals surface area contributed by atoms with Crippen LogP contribution in [0.15, 0.2) is 110 Å². The van der Waals surface area contributed by atoms with Gasteiger partial charge in [0.15, 0.2) is 0 Å². The molecule has 33 heavy (non-hydrogen) atoms. The van der Waals surface area contributed by atoms with E-state index in [1.54, 1.807) is 6.08 Å². The van der Waals surface area contributed by atoms with Crippen LogP contribution in [-0.4, -0.2) is 13.1 Å². The van der Waals surface area contributed by atoms with Crippen LogP contribution in [0.4, 0.5) is 11.4 Å². The van der Waals surface area contributed by atoms with Crippen LogP contribution in [0.25, 0.3) is 11.6 Å². The Kier molecular flexibility index (Phi) is 7.82. The molecule has 0 radical (unpaired) electrons. The summed E-state index contributed by atoms with van der Waals surface area (Å²) in [4.78, 5) is 13.5. The summed E-state index contributed by atoms with van der Waals surface area (Å²) >= 11 is 0. The summed E-state index contributed by atoms with van der Waals surface area (Å²) < 4.78 is 4.66. The van der Waals surface area contributed by atoms with Crippen LogP contribution in [0.5, 0.6) is 0 Å². The summed E-state index contributed by atoms with van der Waals surface area (Å²) in [5.74, 6) is -0.381. The minimum absolute atomic E-state index is 0.381. The number of hydrogen-bond donors (Lipinski definition) is 0. The molecule has 0 fully saturated rings. The summed E-state index contributed by atoms with van der Waals surface area (Å²) in [5.41, 5.74) is 8.14. The van der Waals surface area contributed by atoms with Crippen molar-refractivity contribution in [1.82, 2.24) is 0 Å². The van der Waals surface area contributed by atoms with Crippen molar-refractivity contribution in [3.05, 3.63) is 132 Å². The molecule has 3 heteroatoms. The lowest BCUT2D eigenvalue weighted by molar-refractivity contribution is -0.134. The molecule has 0 unspecified atom stereocenters. The molecule has 0 saturated heterocycles. The number of hydrogen-bond acceptors (Lipinski definition) is 3. The predicted octanol–water partition coefficient (Wildman–Crippen LogP) is 7.41. The molecular formula is C30H29NO2. The number of carbonyl (C=O) groups excluding carboxylic acids is 1. The number of anilines is 2. The van der Waals surface area contributed by atoms with Crippen molar-refractivity contribution in [2.24, 2.45) is 0 Å². The second-order valence-electron chi connectivity index (χ2n) is 7.77. The van der Waals surface area contributed by atoms with Crippen molar-refractivity contribution in [1.29, 1.82) is 0 Å². The van der Waals surface area contributed by atoms with Crippen LogP contribution in [0, 0.1) is 13.8 Å². The van der Waals surface area contributed by atoms with Gasteiger partial charge < -0.3 is 9.64 Å². The Morgan fingerprint density at radius 2 is 1.48 bits per heavy atom.